The van der Waals surface area contributed by atoms with E-state index in [0.29, 0.717) is 0 Å². The zero-order valence-corrected chi connectivity index (χ0v) is 12.9. The van der Waals surface area contributed by atoms with Crippen molar-refractivity contribution in [2.75, 3.05) is 0 Å². The molecule has 0 unspecified atom stereocenters. The lowest BCUT2D eigenvalue weighted by Crippen LogP contribution is -2.17. The van der Waals surface area contributed by atoms with Gasteiger partial charge in [-0.3, -0.25) is 14.9 Å². The topological polar surface area (TPSA) is 105 Å². The van der Waals surface area contributed by atoms with Gasteiger partial charge >= 0.3 is 0 Å². The number of nitro benzene ring substituents is 1. The van der Waals surface area contributed by atoms with Crippen molar-refractivity contribution in [2.24, 2.45) is 5.10 Å². The summed E-state index contributed by atoms with van der Waals surface area (Å²) in [6.07, 6.45) is 1.14. The third-order valence-electron chi connectivity index (χ3n) is 2.78. The Balaban J connectivity index is 2.18. The second kappa shape index (κ2) is 7.08. The SMILES string of the molecule is O=C(N/N=C\c1cc([N+](=O)[O-])c(Cl)cc1Cl)c1ccccc1O. The summed E-state index contributed by atoms with van der Waals surface area (Å²) in [4.78, 5) is 22.0. The van der Waals surface area contributed by atoms with Gasteiger partial charge in [0.1, 0.15) is 10.8 Å². The van der Waals surface area contributed by atoms with Crippen LogP contribution in [0.25, 0.3) is 0 Å². The molecule has 1 amide bonds. The Hall–Kier alpha value is -2.64. The highest BCUT2D eigenvalue weighted by Gasteiger charge is 2.15. The first-order valence-electron chi connectivity index (χ1n) is 6.15. The van der Waals surface area contributed by atoms with E-state index in [1.807, 2.05) is 0 Å². The van der Waals surface area contributed by atoms with Crippen molar-refractivity contribution in [1.29, 1.82) is 0 Å². The zero-order chi connectivity index (χ0) is 17.0. The summed E-state index contributed by atoms with van der Waals surface area (Å²) in [6.45, 7) is 0. The van der Waals surface area contributed by atoms with Crippen molar-refractivity contribution in [3.8, 4) is 5.75 Å². The standard InChI is InChI=1S/C14H9Cl2N3O4/c15-10-6-11(16)12(19(22)23)5-8(10)7-17-18-14(21)9-3-1-2-4-13(9)20/h1-7,20H,(H,18,21)/b17-7-. The molecule has 0 bridgehead atoms. The number of hydrogen-bond donors (Lipinski definition) is 2. The smallest absolute Gasteiger partial charge is 0.288 e. The largest absolute Gasteiger partial charge is 0.507 e. The van der Waals surface area contributed by atoms with Gasteiger partial charge in [0.05, 0.1) is 21.7 Å². The first kappa shape index (κ1) is 16.7. The Morgan fingerprint density at radius 1 is 1.26 bits per heavy atom. The number of halogens is 2. The lowest BCUT2D eigenvalue weighted by atomic mass is 10.2. The van der Waals surface area contributed by atoms with Crippen LogP contribution in [0.1, 0.15) is 15.9 Å². The van der Waals surface area contributed by atoms with Crippen LogP contribution in [0.2, 0.25) is 10.0 Å². The molecule has 9 heteroatoms. The Morgan fingerprint density at radius 2 is 1.96 bits per heavy atom. The Kier molecular flexibility index (Phi) is 5.15. The van der Waals surface area contributed by atoms with E-state index >= 15 is 0 Å². The van der Waals surface area contributed by atoms with Crippen LogP contribution in [0.5, 0.6) is 5.75 Å². The van der Waals surface area contributed by atoms with Crippen LogP contribution in [-0.2, 0) is 0 Å². The van der Waals surface area contributed by atoms with Crippen LogP contribution in [-0.4, -0.2) is 22.2 Å². The maximum absolute atomic E-state index is 11.8. The van der Waals surface area contributed by atoms with Gasteiger partial charge in [0.15, 0.2) is 0 Å². The number of nitro groups is 1. The number of para-hydroxylation sites is 1. The predicted octanol–water partition coefficient (Wildman–Crippen LogP) is 3.37. The highest BCUT2D eigenvalue weighted by Crippen LogP contribution is 2.29. The summed E-state index contributed by atoms with van der Waals surface area (Å²) in [7, 11) is 0. The van der Waals surface area contributed by atoms with Gasteiger partial charge in [-0.1, -0.05) is 35.3 Å². The number of nitrogens with one attached hydrogen (secondary N) is 1. The third kappa shape index (κ3) is 3.97. The van der Waals surface area contributed by atoms with Gasteiger partial charge in [-0.2, -0.15) is 5.10 Å². The van der Waals surface area contributed by atoms with Gasteiger partial charge in [-0.05, 0) is 18.2 Å². The fourth-order valence-corrected chi connectivity index (χ4v) is 2.18. The first-order valence-corrected chi connectivity index (χ1v) is 6.90. The first-order chi connectivity index (χ1) is 10.9. The van der Waals surface area contributed by atoms with E-state index in [1.165, 1.54) is 18.2 Å². The molecule has 0 spiro atoms. The summed E-state index contributed by atoms with van der Waals surface area (Å²) in [5.41, 5.74) is 2.11. The number of amides is 1. The molecule has 2 aromatic rings. The molecule has 0 fully saturated rings. The molecule has 0 aliphatic rings. The molecule has 2 aromatic carbocycles. The minimum absolute atomic E-state index is 0.0397. The molecule has 0 radical (unpaired) electrons. The van der Waals surface area contributed by atoms with E-state index in [0.717, 1.165) is 12.3 Å². The number of carbonyl (C=O) groups excluding carboxylic acids is 1. The molecule has 0 aliphatic heterocycles. The fourth-order valence-electron chi connectivity index (χ4n) is 1.68. The van der Waals surface area contributed by atoms with E-state index in [-0.39, 0.29) is 32.6 Å². The second-order valence-corrected chi connectivity index (χ2v) is 5.11. The quantitative estimate of drug-likeness (QED) is 0.499. The Labute approximate surface area is 140 Å². The molecule has 2 N–H and O–H groups in total. The van der Waals surface area contributed by atoms with Crippen LogP contribution in [0.4, 0.5) is 5.69 Å². The maximum atomic E-state index is 11.8. The maximum Gasteiger partial charge on any atom is 0.288 e. The summed E-state index contributed by atoms with van der Waals surface area (Å²) in [5.74, 6) is -0.834. The number of hydrogen-bond acceptors (Lipinski definition) is 5. The minimum Gasteiger partial charge on any atom is -0.507 e. The molecule has 118 valence electrons. The number of nitrogens with zero attached hydrogens (tertiary/aromatic N) is 2. The molecule has 0 saturated carbocycles. The van der Waals surface area contributed by atoms with E-state index in [4.69, 9.17) is 23.2 Å². The number of aromatic hydroxyl groups is 1. The van der Waals surface area contributed by atoms with Gasteiger partial charge in [0, 0.05) is 11.6 Å². The molecule has 0 heterocycles. The Morgan fingerprint density at radius 3 is 2.61 bits per heavy atom. The molecule has 2 rings (SSSR count). The van der Waals surface area contributed by atoms with E-state index in [1.54, 1.807) is 12.1 Å². The predicted molar refractivity (Wildman–Crippen MR) is 86.3 cm³/mol. The Bertz CT molecular complexity index is 809. The molecular weight excluding hydrogens is 345 g/mol. The fraction of sp³-hybridized carbons (Fsp3) is 0. The third-order valence-corrected chi connectivity index (χ3v) is 3.41. The van der Waals surface area contributed by atoms with Crippen LogP contribution < -0.4 is 5.43 Å². The number of hydrazone groups is 1. The molecule has 23 heavy (non-hydrogen) atoms. The summed E-state index contributed by atoms with van der Waals surface area (Å²) in [5, 5.41) is 24.1. The van der Waals surface area contributed by atoms with Crippen molar-refractivity contribution in [3.63, 3.8) is 0 Å². The van der Waals surface area contributed by atoms with Crippen molar-refractivity contribution >= 4 is 41.0 Å². The molecule has 0 aliphatic carbocycles. The van der Waals surface area contributed by atoms with Crippen molar-refractivity contribution < 1.29 is 14.8 Å². The van der Waals surface area contributed by atoms with Crippen LogP contribution in [0.15, 0.2) is 41.5 Å². The van der Waals surface area contributed by atoms with Crippen molar-refractivity contribution in [2.45, 2.75) is 0 Å². The number of rotatable bonds is 4. The highest BCUT2D eigenvalue weighted by molar-refractivity contribution is 6.37. The highest BCUT2D eigenvalue weighted by atomic mass is 35.5. The average molecular weight is 354 g/mol. The second-order valence-electron chi connectivity index (χ2n) is 4.30. The average Bonchev–Trinajstić information content (AvgIpc) is 2.49. The van der Waals surface area contributed by atoms with E-state index < -0.39 is 10.8 Å². The monoisotopic (exact) mass is 353 g/mol. The molecule has 0 atom stereocenters. The van der Waals surface area contributed by atoms with Crippen molar-refractivity contribution in [3.05, 3.63) is 67.7 Å². The van der Waals surface area contributed by atoms with Gasteiger partial charge in [0.2, 0.25) is 0 Å². The summed E-state index contributed by atoms with van der Waals surface area (Å²) >= 11 is 11.6. The molecule has 7 nitrogen and oxygen atoms in total. The van der Waals surface area contributed by atoms with Gasteiger partial charge in [-0.25, -0.2) is 5.43 Å². The van der Waals surface area contributed by atoms with Gasteiger partial charge in [-0.15, -0.1) is 0 Å². The zero-order valence-electron chi connectivity index (χ0n) is 11.4. The van der Waals surface area contributed by atoms with E-state index in [9.17, 15) is 20.0 Å². The number of benzene rings is 2. The van der Waals surface area contributed by atoms with Gasteiger partial charge in [0.25, 0.3) is 11.6 Å². The lowest BCUT2D eigenvalue weighted by Gasteiger charge is -2.03. The van der Waals surface area contributed by atoms with Crippen LogP contribution >= 0.6 is 23.2 Å². The summed E-state index contributed by atoms with van der Waals surface area (Å²) in [6, 6.07) is 8.28. The van der Waals surface area contributed by atoms with Crippen LogP contribution in [0, 0.1) is 10.1 Å². The molecule has 0 saturated heterocycles. The number of phenolic OH excluding ortho intramolecular Hbond substituents is 1. The van der Waals surface area contributed by atoms with Crippen LogP contribution in [0.3, 0.4) is 0 Å². The summed E-state index contributed by atoms with van der Waals surface area (Å²) < 4.78 is 0. The minimum atomic E-state index is -0.656. The van der Waals surface area contributed by atoms with E-state index in [2.05, 4.69) is 10.5 Å². The number of phenols is 1. The van der Waals surface area contributed by atoms with Gasteiger partial charge < -0.3 is 5.11 Å². The molecular formula is C14H9Cl2N3O4. The normalized spacial score (nSPS) is 10.7. The number of carbonyl (C=O) groups is 1. The lowest BCUT2D eigenvalue weighted by molar-refractivity contribution is -0.384. The van der Waals surface area contributed by atoms with Crippen molar-refractivity contribution in [1.82, 2.24) is 5.43 Å². The molecule has 0 aromatic heterocycles.